The van der Waals surface area contributed by atoms with Gasteiger partial charge in [0.05, 0.1) is 5.92 Å². The standard InChI is InChI=1S/C14H23N3O/c1-3-5-13(10-15)14(18)17(4-2)11-12-6-8-16-9-7-12/h6-9,13H,3-5,10-11,15H2,1-2H3. The van der Waals surface area contributed by atoms with Gasteiger partial charge in [-0.1, -0.05) is 13.3 Å². The summed E-state index contributed by atoms with van der Waals surface area (Å²) < 4.78 is 0. The molecule has 4 heteroatoms. The van der Waals surface area contributed by atoms with E-state index in [4.69, 9.17) is 5.73 Å². The first-order valence-electron chi connectivity index (χ1n) is 6.60. The molecule has 1 atom stereocenters. The van der Waals surface area contributed by atoms with Gasteiger partial charge in [0.25, 0.3) is 0 Å². The van der Waals surface area contributed by atoms with Gasteiger partial charge in [-0.2, -0.15) is 0 Å². The number of pyridine rings is 1. The van der Waals surface area contributed by atoms with Gasteiger partial charge in [-0.3, -0.25) is 9.78 Å². The summed E-state index contributed by atoms with van der Waals surface area (Å²) in [5, 5.41) is 0. The summed E-state index contributed by atoms with van der Waals surface area (Å²) in [5.74, 6) is 0.121. The van der Waals surface area contributed by atoms with Crippen molar-refractivity contribution in [3.63, 3.8) is 0 Å². The van der Waals surface area contributed by atoms with Crippen molar-refractivity contribution in [3.05, 3.63) is 30.1 Å². The molecule has 0 fully saturated rings. The molecule has 1 rings (SSSR count). The molecular formula is C14H23N3O. The Balaban J connectivity index is 2.67. The van der Waals surface area contributed by atoms with Gasteiger partial charge >= 0.3 is 0 Å². The average Bonchev–Trinajstić information content (AvgIpc) is 2.42. The fourth-order valence-electron chi connectivity index (χ4n) is 2.00. The summed E-state index contributed by atoms with van der Waals surface area (Å²) in [7, 11) is 0. The molecule has 1 aromatic rings. The number of nitrogens with two attached hydrogens (primary N) is 1. The number of hydrogen-bond acceptors (Lipinski definition) is 3. The van der Waals surface area contributed by atoms with E-state index in [0.717, 1.165) is 18.4 Å². The van der Waals surface area contributed by atoms with Crippen LogP contribution in [0.1, 0.15) is 32.3 Å². The molecule has 1 amide bonds. The molecule has 18 heavy (non-hydrogen) atoms. The van der Waals surface area contributed by atoms with E-state index in [0.29, 0.717) is 19.6 Å². The zero-order valence-corrected chi connectivity index (χ0v) is 11.3. The monoisotopic (exact) mass is 249 g/mol. The Morgan fingerprint density at radius 2 is 2.06 bits per heavy atom. The minimum absolute atomic E-state index is 0.0446. The molecule has 0 aliphatic rings. The number of aromatic nitrogens is 1. The zero-order valence-electron chi connectivity index (χ0n) is 11.3. The molecule has 0 saturated heterocycles. The average molecular weight is 249 g/mol. The smallest absolute Gasteiger partial charge is 0.227 e. The Kier molecular flexibility index (Phi) is 6.36. The van der Waals surface area contributed by atoms with E-state index in [2.05, 4.69) is 11.9 Å². The summed E-state index contributed by atoms with van der Waals surface area (Å²) in [6, 6.07) is 3.88. The molecular weight excluding hydrogens is 226 g/mol. The lowest BCUT2D eigenvalue weighted by molar-refractivity contribution is -0.135. The molecule has 0 aromatic carbocycles. The first-order chi connectivity index (χ1) is 8.72. The molecule has 0 spiro atoms. The first-order valence-corrected chi connectivity index (χ1v) is 6.60. The van der Waals surface area contributed by atoms with Crippen LogP contribution in [0, 0.1) is 5.92 Å². The Morgan fingerprint density at radius 3 is 2.56 bits per heavy atom. The molecule has 0 saturated carbocycles. The lowest BCUT2D eigenvalue weighted by atomic mass is 10.0. The van der Waals surface area contributed by atoms with Crippen molar-refractivity contribution in [2.75, 3.05) is 13.1 Å². The van der Waals surface area contributed by atoms with Crippen LogP contribution < -0.4 is 5.73 Å². The molecule has 2 N–H and O–H groups in total. The van der Waals surface area contributed by atoms with Crippen LogP contribution in [0.4, 0.5) is 0 Å². The lowest BCUT2D eigenvalue weighted by Gasteiger charge is -2.25. The van der Waals surface area contributed by atoms with Crippen LogP contribution in [-0.4, -0.2) is 28.9 Å². The highest BCUT2D eigenvalue weighted by Crippen LogP contribution is 2.12. The van der Waals surface area contributed by atoms with E-state index >= 15 is 0 Å². The van der Waals surface area contributed by atoms with Gasteiger partial charge in [-0.15, -0.1) is 0 Å². The van der Waals surface area contributed by atoms with Crippen LogP contribution in [0.2, 0.25) is 0 Å². The van der Waals surface area contributed by atoms with Crippen molar-refractivity contribution in [1.82, 2.24) is 9.88 Å². The zero-order chi connectivity index (χ0) is 13.4. The summed E-state index contributed by atoms with van der Waals surface area (Å²) in [6.45, 7) is 5.85. The SMILES string of the molecule is CCCC(CN)C(=O)N(CC)Cc1ccncc1. The van der Waals surface area contributed by atoms with Crippen molar-refractivity contribution in [2.45, 2.75) is 33.2 Å². The van der Waals surface area contributed by atoms with E-state index in [1.54, 1.807) is 12.4 Å². The van der Waals surface area contributed by atoms with Crippen molar-refractivity contribution in [1.29, 1.82) is 0 Å². The summed E-state index contributed by atoms with van der Waals surface area (Å²) >= 11 is 0. The second-order valence-corrected chi connectivity index (χ2v) is 4.43. The molecule has 100 valence electrons. The van der Waals surface area contributed by atoms with E-state index in [1.165, 1.54) is 0 Å². The summed E-state index contributed by atoms with van der Waals surface area (Å²) in [4.78, 5) is 18.2. The molecule has 0 radical (unpaired) electrons. The van der Waals surface area contributed by atoms with E-state index in [1.807, 2.05) is 24.0 Å². The van der Waals surface area contributed by atoms with Crippen molar-refractivity contribution >= 4 is 5.91 Å². The van der Waals surface area contributed by atoms with Crippen LogP contribution in [0.25, 0.3) is 0 Å². The Morgan fingerprint density at radius 1 is 1.39 bits per heavy atom. The molecule has 1 aromatic heterocycles. The quantitative estimate of drug-likeness (QED) is 0.801. The largest absolute Gasteiger partial charge is 0.338 e. The fourth-order valence-corrected chi connectivity index (χ4v) is 2.00. The Hall–Kier alpha value is -1.42. The highest BCUT2D eigenvalue weighted by Gasteiger charge is 2.21. The van der Waals surface area contributed by atoms with E-state index in [-0.39, 0.29) is 11.8 Å². The second-order valence-electron chi connectivity index (χ2n) is 4.43. The van der Waals surface area contributed by atoms with Gasteiger partial charge in [0.2, 0.25) is 5.91 Å². The van der Waals surface area contributed by atoms with Gasteiger partial charge < -0.3 is 10.6 Å². The van der Waals surface area contributed by atoms with Gasteiger partial charge in [0.1, 0.15) is 0 Å². The maximum atomic E-state index is 12.3. The first kappa shape index (κ1) is 14.6. The van der Waals surface area contributed by atoms with Crippen LogP contribution in [-0.2, 0) is 11.3 Å². The third-order valence-corrected chi connectivity index (χ3v) is 3.09. The van der Waals surface area contributed by atoms with Crippen LogP contribution in [0.5, 0.6) is 0 Å². The van der Waals surface area contributed by atoms with E-state index in [9.17, 15) is 4.79 Å². The minimum Gasteiger partial charge on any atom is -0.338 e. The van der Waals surface area contributed by atoms with Gasteiger partial charge in [-0.05, 0) is 31.0 Å². The molecule has 1 unspecified atom stereocenters. The highest BCUT2D eigenvalue weighted by atomic mass is 16.2. The number of hydrogen-bond donors (Lipinski definition) is 1. The predicted octanol–water partition coefficient (Wildman–Crippen LogP) is 1.81. The highest BCUT2D eigenvalue weighted by molar-refractivity contribution is 5.79. The maximum Gasteiger partial charge on any atom is 0.227 e. The number of rotatable bonds is 7. The number of amides is 1. The molecule has 0 bridgehead atoms. The van der Waals surface area contributed by atoms with Crippen molar-refractivity contribution in [3.8, 4) is 0 Å². The molecule has 0 aliphatic heterocycles. The normalized spacial score (nSPS) is 12.2. The Bertz CT molecular complexity index is 353. The van der Waals surface area contributed by atoms with Gasteiger partial charge in [0, 0.05) is 32.0 Å². The third-order valence-electron chi connectivity index (χ3n) is 3.09. The topological polar surface area (TPSA) is 59.2 Å². The van der Waals surface area contributed by atoms with Crippen LogP contribution in [0.3, 0.4) is 0 Å². The van der Waals surface area contributed by atoms with Crippen LogP contribution in [0.15, 0.2) is 24.5 Å². The second kappa shape index (κ2) is 7.82. The van der Waals surface area contributed by atoms with Crippen molar-refractivity contribution in [2.24, 2.45) is 11.7 Å². The Labute approximate surface area is 109 Å². The molecule has 1 heterocycles. The third kappa shape index (κ3) is 4.11. The minimum atomic E-state index is -0.0446. The van der Waals surface area contributed by atoms with E-state index < -0.39 is 0 Å². The summed E-state index contributed by atoms with van der Waals surface area (Å²) in [5.41, 5.74) is 6.79. The number of nitrogens with zero attached hydrogens (tertiary/aromatic N) is 2. The van der Waals surface area contributed by atoms with Gasteiger partial charge in [0.15, 0.2) is 0 Å². The summed E-state index contributed by atoms with van der Waals surface area (Å²) in [6.07, 6.45) is 5.35. The van der Waals surface area contributed by atoms with Crippen molar-refractivity contribution < 1.29 is 4.79 Å². The number of carbonyl (C=O) groups is 1. The predicted molar refractivity (Wildman–Crippen MR) is 72.8 cm³/mol. The fraction of sp³-hybridized carbons (Fsp3) is 0.571. The van der Waals surface area contributed by atoms with Crippen LogP contribution >= 0.6 is 0 Å². The molecule has 0 aliphatic carbocycles. The number of carbonyl (C=O) groups excluding carboxylic acids is 1. The molecule has 4 nitrogen and oxygen atoms in total. The van der Waals surface area contributed by atoms with Gasteiger partial charge in [-0.25, -0.2) is 0 Å². The lowest BCUT2D eigenvalue weighted by Crippen LogP contribution is -2.38. The maximum absolute atomic E-state index is 12.3.